The van der Waals surface area contributed by atoms with Crippen LogP contribution in [0.1, 0.15) is 61.8 Å². The van der Waals surface area contributed by atoms with Crippen molar-refractivity contribution >= 4 is 30.4 Å². The van der Waals surface area contributed by atoms with E-state index in [2.05, 4.69) is 37.1 Å². The molecule has 0 radical (unpaired) electrons. The van der Waals surface area contributed by atoms with Crippen LogP contribution in [-0.2, 0) is 14.4 Å². The molecule has 0 aromatic rings. The fourth-order valence-electron chi connectivity index (χ4n) is 2.35. The van der Waals surface area contributed by atoms with Gasteiger partial charge < -0.3 is 20.6 Å². The minimum absolute atomic E-state index is 0.146. The molecule has 2 amide bonds. The molecule has 0 aliphatic heterocycles. The Morgan fingerprint density at radius 1 is 1.10 bits per heavy atom. The third-order valence-electron chi connectivity index (χ3n) is 4.04. The largest absolute Gasteiger partial charge is 0.478 e. The number of thiol groups is 1. The molecule has 0 saturated heterocycles. The predicted molar refractivity (Wildman–Crippen MR) is 122 cm³/mol. The summed E-state index contributed by atoms with van der Waals surface area (Å²) in [5.41, 5.74) is -0.362. The monoisotopic (exact) mass is 431 g/mol. The predicted octanol–water partition coefficient (Wildman–Crippen LogP) is 2.72. The lowest BCUT2D eigenvalue weighted by atomic mass is 9.85. The van der Waals surface area contributed by atoms with E-state index in [-0.39, 0.29) is 23.9 Å². The van der Waals surface area contributed by atoms with Crippen molar-refractivity contribution in [2.45, 2.75) is 78.6 Å². The van der Waals surface area contributed by atoms with Gasteiger partial charge in [-0.2, -0.15) is 12.6 Å². The minimum atomic E-state index is -1.03. The van der Waals surface area contributed by atoms with Gasteiger partial charge in [0.1, 0.15) is 12.1 Å². The molecule has 0 fully saturated rings. The molecule has 0 saturated carbocycles. The highest BCUT2D eigenvalue weighted by atomic mass is 32.1. The number of rotatable bonds is 8. The Balaban J connectivity index is 0. The zero-order valence-electron chi connectivity index (χ0n) is 19.7. The van der Waals surface area contributed by atoms with E-state index >= 15 is 0 Å². The van der Waals surface area contributed by atoms with Gasteiger partial charge in [0.2, 0.25) is 11.8 Å². The summed E-state index contributed by atoms with van der Waals surface area (Å²) in [7, 11) is 3.25. The van der Waals surface area contributed by atoms with Crippen LogP contribution in [0.25, 0.3) is 0 Å². The van der Waals surface area contributed by atoms with Crippen LogP contribution in [0.5, 0.6) is 0 Å². The molecule has 8 heteroatoms. The van der Waals surface area contributed by atoms with Gasteiger partial charge in [0.25, 0.3) is 0 Å². The highest BCUT2D eigenvalue weighted by Gasteiger charge is 2.38. The number of carbonyl (C=O) groups excluding carboxylic acids is 2. The summed E-state index contributed by atoms with van der Waals surface area (Å²) >= 11 is 4.45. The summed E-state index contributed by atoms with van der Waals surface area (Å²) in [6.07, 6.45) is 2.72. The SMILES string of the molecule is CCC.CNC(C(=O)NC(C(=O)N(C)C/C=C(\C)C(=O)O)C(C)(C)C)C(C)(C)S. The second-order valence-electron chi connectivity index (χ2n) is 8.80. The number of hydrogen-bond donors (Lipinski definition) is 4. The number of nitrogens with one attached hydrogen (secondary N) is 2. The van der Waals surface area contributed by atoms with Gasteiger partial charge in [-0.05, 0) is 33.2 Å². The molecular weight excluding hydrogens is 390 g/mol. The first-order valence-electron chi connectivity index (χ1n) is 9.89. The molecule has 0 rings (SSSR count). The Morgan fingerprint density at radius 2 is 1.55 bits per heavy atom. The minimum Gasteiger partial charge on any atom is -0.478 e. The molecule has 3 N–H and O–H groups in total. The first-order chi connectivity index (χ1) is 13.0. The number of carboxylic acids is 1. The number of nitrogens with zero attached hydrogens (tertiary/aromatic N) is 1. The van der Waals surface area contributed by atoms with Gasteiger partial charge >= 0.3 is 5.97 Å². The number of hydrogen-bond acceptors (Lipinski definition) is 5. The lowest BCUT2D eigenvalue weighted by Gasteiger charge is -2.36. The molecule has 29 heavy (non-hydrogen) atoms. The molecule has 7 nitrogen and oxygen atoms in total. The quantitative estimate of drug-likeness (QED) is 0.350. The third kappa shape index (κ3) is 11.3. The maximum atomic E-state index is 12.9. The van der Waals surface area contributed by atoms with Crippen molar-refractivity contribution in [3.63, 3.8) is 0 Å². The molecule has 0 aromatic heterocycles. The topological polar surface area (TPSA) is 98.7 Å². The fraction of sp³-hybridized carbons (Fsp3) is 0.762. The van der Waals surface area contributed by atoms with E-state index in [1.165, 1.54) is 24.3 Å². The molecule has 0 spiro atoms. The van der Waals surface area contributed by atoms with Crippen molar-refractivity contribution < 1.29 is 19.5 Å². The van der Waals surface area contributed by atoms with E-state index < -0.39 is 28.2 Å². The van der Waals surface area contributed by atoms with Gasteiger partial charge in [0.05, 0.1) is 0 Å². The zero-order chi connectivity index (χ0) is 23.6. The smallest absolute Gasteiger partial charge is 0.331 e. The lowest BCUT2D eigenvalue weighted by molar-refractivity contribution is -0.138. The molecular formula is C21H41N3O4S. The highest BCUT2D eigenvalue weighted by molar-refractivity contribution is 7.81. The second kappa shape index (κ2) is 12.9. The van der Waals surface area contributed by atoms with Crippen molar-refractivity contribution in [2.24, 2.45) is 5.41 Å². The Kier molecular flexibility index (Phi) is 13.2. The summed E-state index contributed by atoms with van der Waals surface area (Å²) in [6, 6.07) is -1.34. The number of amides is 2. The second-order valence-corrected chi connectivity index (χ2v) is 9.95. The molecule has 0 aliphatic rings. The summed E-state index contributed by atoms with van der Waals surface area (Å²) in [5, 5.41) is 14.7. The maximum Gasteiger partial charge on any atom is 0.331 e. The van der Waals surface area contributed by atoms with Crippen molar-refractivity contribution in [1.82, 2.24) is 15.5 Å². The summed E-state index contributed by atoms with van der Waals surface area (Å²) in [6.45, 7) is 15.1. The fourth-order valence-corrected chi connectivity index (χ4v) is 2.60. The Labute approximate surface area is 182 Å². The Morgan fingerprint density at radius 3 is 1.86 bits per heavy atom. The van der Waals surface area contributed by atoms with Crippen molar-refractivity contribution in [1.29, 1.82) is 0 Å². The summed E-state index contributed by atoms with van der Waals surface area (Å²) in [5.74, 6) is -1.63. The van der Waals surface area contributed by atoms with Gasteiger partial charge in [0.15, 0.2) is 0 Å². The molecule has 2 atom stereocenters. The highest BCUT2D eigenvalue weighted by Crippen LogP contribution is 2.23. The number of likely N-dealkylation sites (N-methyl/N-ethyl adjacent to an activating group) is 2. The van der Waals surface area contributed by atoms with Crippen LogP contribution in [0.15, 0.2) is 11.6 Å². The van der Waals surface area contributed by atoms with Crippen molar-refractivity contribution in [3.8, 4) is 0 Å². The molecule has 0 heterocycles. The van der Waals surface area contributed by atoms with Crippen LogP contribution in [0.2, 0.25) is 0 Å². The molecule has 0 aliphatic carbocycles. The number of carbonyl (C=O) groups is 3. The first kappa shape index (κ1) is 29.7. The Hall–Kier alpha value is -1.54. The lowest BCUT2D eigenvalue weighted by Crippen LogP contribution is -2.60. The normalized spacial score (nSPS) is 14.2. The van der Waals surface area contributed by atoms with Crippen LogP contribution in [-0.4, -0.2) is 65.3 Å². The van der Waals surface area contributed by atoms with Gasteiger partial charge in [-0.3, -0.25) is 9.59 Å². The van der Waals surface area contributed by atoms with Crippen LogP contribution in [0.3, 0.4) is 0 Å². The Bertz CT molecular complexity index is 577. The average Bonchev–Trinajstić information content (AvgIpc) is 2.55. The molecule has 0 bridgehead atoms. The van der Waals surface area contributed by atoms with E-state index in [4.69, 9.17) is 5.11 Å². The van der Waals surface area contributed by atoms with Gasteiger partial charge in [0, 0.05) is 23.9 Å². The van der Waals surface area contributed by atoms with Crippen LogP contribution < -0.4 is 10.6 Å². The van der Waals surface area contributed by atoms with E-state index in [0.717, 1.165) is 0 Å². The molecule has 0 aromatic carbocycles. The van der Waals surface area contributed by atoms with Gasteiger partial charge in [-0.15, -0.1) is 0 Å². The summed E-state index contributed by atoms with van der Waals surface area (Å²) in [4.78, 5) is 37.8. The third-order valence-corrected chi connectivity index (χ3v) is 4.30. The standard InChI is InChI=1S/C18H33N3O4S.C3H8/c1-11(16(24)25)9-10-21(8)15(23)13(17(2,3)4)20-14(22)12(19-7)18(5,6)26;1-3-2/h9,12-13,19,26H,10H2,1-8H3,(H,20,22)(H,24,25);3H2,1-2H3/b11-9+;. The zero-order valence-corrected chi connectivity index (χ0v) is 20.6. The van der Waals surface area contributed by atoms with E-state index in [1.54, 1.807) is 14.1 Å². The number of aliphatic carboxylic acids is 1. The van der Waals surface area contributed by atoms with E-state index in [9.17, 15) is 14.4 Å². The average molecular weight is 432 g/mol. The number of carboxylic acid groups (broad SMARTS) is 1. The van der Waals surface area contributed by atoms with Crippen LogP contribution in [0, 0.1) is 5.41 Å². The molecule has 2 unspecified atom stereocenters. The maximum absolute atomic E-state index is 12.9. The van der Waals surface area contributed by atoms with Crippen molar-refractivity contribution in [3.05, 3.63) is 11.6 Å². The van der Waals surface area contributed by atoms with Gasteiger partial charge in [-0.25, -0.2) is 4.79 Å². The van der Waals surface area contributed by atoms with Crippen molar-refractivity contribution in [2.75, 3.05) is 20.6 Å². The van der Waals surface area contributed by atoms with E-state index in [0.29, 0.717) is 0 Å². The van der Waals surface area contributed by atoms with Gasteiger partial charge in [-0.1, -0.05) is 47.1 Å². The molecule has 170 valence electrons. The van der Waals surface area contributed by atoms with Crippen LogP contribution >= 0.6 is 12.6 Å². The van der Waals surface area contributed by atoms with E-state index in [1.807, 2.05) is 34.6 Å². The first-order valence-corrected chi connectivity index (χ1v) is 10.3. The van der Waals surface area contributed by atoms with Crippen LogP contribution in [0.4, 0.5) is 0 Å². The summed E-state index contributed by atoms with van der Waals surface area (Å²) < 4.78 is -0.614.